The number of thioether (sulfide) groups is 1. The van der Waals surface area contributed by atoms with E-state index >= 15 is 0 Å². The van der Waals surface area contributed by atoms with E-state index in [9.17, 15) is 0 Å². The quantitative estimate of drug-likeness (QED) is 0.230. The Labute approximate surface area is 108 Å². The van der Waals surface area contributed by atoms with Gasteiger partial charge < -0.3 is 24.8 Å². The second-order valence-corrected chi connectivity index (χ2v) is 3.47. The largest absolute Gasteiger partial charge is 1.00 e. The Morgan fingerprint density at radius 3 is 2.50 bits per heavy atom. The Morgan fingerprint density at radius 2 is 2.38 bits per heavy atom. The first-order valence-electron chi connectivity index (χ1n) is 1.72. The van der Waals surface area contributed by atoms with Crippen molar-refractivity contribution in [2.45, 2.75) is 0 Å². The molecule has 0 rings (SSSR count). The second-order valence-electron chi connectivity index (χ2n) is 0.850. The first kappa shape index (κ1) is 12.7. The first-order chi connectivity index (χ1) is 3.27. The minimum Gasteiger partial charge on any atom is -0.422 e. The summed E-state index contributed by atoms with van der Waals surface area (Å²) in [4.78, 5) is 0. The van der Waals surface area contributed by atoms with E-state index in [1.165, 1.54) is 11.8 Å². The zero-order valence-corrected chi connectivity index (χ0v) is 10.3. The molecular formula is C4H5KS3. The molecule has 0 bridgehead atoms. The van der Waals surface area contributed by atoms with Crippen molar-refractivity contribution < 1.29 is 51.4 Å². The van der Waals surface area contributed by atoms with Crippen LogP contribution in [0.4, 0.5) is 0 Å². The van der Waals surface area contributed by atoms with Crippen LogP contribution in [0.5, 0.6) is 0 Å². The fraction of sp³-hybridized carbons (Fsp3) is 0.250. The van der Waals surface area contributed by atoms with Crippen LogP contribution in [-0.2, 0) is 12.6 Å². The van der Waals surface area contributed by atoms with Gasteiger partial charge in [0.25, 0.3) is 0 Å². The Morgan fingerprint density at radius 1 is 1.88 bits per heavy atom. The molecule has 0 radical (unpaired) electrons. The molecule has 0 heterocycles. The Kier molecular flexibility index (Phi) is 14.3. The molecule has 40 valence electrons. The van der Waals surface area contributed by atoms with Gasteiger partial charge in [-0.25, -0.2) is 0 Å². The maximum Gasteiger partial charge on any atom is 1.00 e. The van der Waals surface area contributed by atoms with Gasteiger partial charge in [0.05, 0.1) is 0 Å². The van der Waals surface area contributed by atoms with E-state index in [2.05, 4.69) is 31.4 Å². The SMILES string of the molecule is C=CCSC(=S)[S-].[K+]. The Hall–Kier alpha value is 2.04. The number of hydrogen-bond acceptors (Lipinski definition) is 3. The Bertz CT molecular complexity index is 81.4. The zero-order chi connectivity index (χ0) is 5.70. The summed E-state index contributed by atoms with van der Waals surface area (Å²) in [6.07, 6.45) is 1.78. The summed E-state index contributed by atoms with van der Waals surface area (Å²) in [6.45, 7) is 3.51. The third-order valence-corrected chi connectivity index (χ3v) is 1.66. The fourth-order valence-corrected chi connectivity index (χ4v) is 0.789. The monoisotopic (exact) mass is 188 g/mol. The van der Waals surface area contributed by atoms with Crippen molar-refractivity contribution in [1.29, 1.82) is 0 Å². The van der Waals surface area contributed by atoms with E-state index in [0.717, 1.165) is 5.75 Å². The minimum atomic E-state index is 0. The molecule has 0 aliphatic carbocycles. The smallest absolute Gasteiger partial charge is 0.422 e. The van der Waals surface area contributed by atoms with E-state index < -0.39 is 0 Å². The molecule has 0 spiro atoms. The van der Waals surface area contributed by atoms with E-state index in [-0.39, 0.29) is 51.4 Å². The van der Waals surface area contributed by atoms with Crippen molar-refractivity contribution in [2.24, 2.45) is 0 Å². The maximum atomic E-state index is 4.59. The van der Waals surface area contributed by atoms with E-state index in [1.807, 2.05) is 0 Å². The normalized spacial score (nSPS) is 7.00. The van der Waals surface area contributed by atoms with Crippen LogP contribution in [0.1, 0.15) is 0 Å². The van der Waals surface area contributed by atoms with Crippen LogP contribution in [0.25, 0.3) is 0 Å². The molecule has 0 amide bonds. The molecular weight excluding hydrogens is 183 g/mol. The third kappa shape index (κ3) is 10.9. The Balaban J connectivity index is 0. The number of hydrogen-bond donors (Lipinski definition) is 0. The van der Waals surface area contributed by atoms with Gasteiger partial charge in [-0.15, -0.1) is 18.3 Å². The van der Waals surface area contributed by atoms with Crippen molar-refractivity contribution >= 4 is 40.1 Å². The molecule has 0 aliphatic rings. The van der Waals surface area contributed by atoms with Crippen molar-refractivity contribution in [1.82, 2.24) is 0 Å². The van der Waals surface area contributed by atoms with Crippen molar-refractivity contribution in [3.8, 4) is 0 Å². The summed E-state index contributed by atoms with van der Waals surface area (Å²) in [6, 6.07) is 0. The number of rotatable bonds is 2. The standard InChI is InChI=1S/C4H6S3.K/c1-2-3-7-4(5)6;/h2H,1,3H2,(H,5,6);/q;+1/p-1. The van der Waals surface area contributed by atoms with Gasteiger partial charge in [0, 0.05) is 5.75 Å². The molecule has 0 fully saturated rings. The van der Waals surface area contributed by atoms with E-state index in [1.54, 1.807) is 6.08 Å². The zero-order valence-electron chi connectivity index (χ0n) is 4.72. The van der Waals surface area contributed by atoms with Gasteiger partial charge in [0.1, 0.15) is 0 Å². The molecule has 0 unspecified atom stereocenters. The van der Waals surface area contributed by atoms with Crippen LogP contribution in [0.15, 0.2) is 12.7 Å². The van der Waals surface area contributed by atoms with Crippen LogP contribution < -0.4 is 51.4 Å². The van der Waals surface area contributed by atoms with Crippen molar-refractivity contribution in [3.05, 3.63) is 12.7 Å². The summed E-state index contributed by atoms with van der Waals surface area (Å²) in [5, 5.41) is 0. The average Bonchev–Trinajstić information content (AvgIpc) is 1.61. The van der Waals surface area contributed by atoms with Crippen LogP contribution >= 0.6 is 24.0 Å². The van der Waals surface area contributed by atoms with Gasteiger partial charge in [0.15, 0.2) is 0 Å². The molecule has 8 heavy (non-hydrogen) atoms. The first-order valence-corrected chi connectivity index (χ1v) is 3.52. The maximum absolute atomic E-state index is 4.59. The van der Waals surface area contributed by atoms with Gasteiger partial charge in [-0.1, -0.05) is 9.60 Å². The van der Waals surface area contributed by atoms with Crippen LogP contribution in [0.2, 0.25) is 0 Å². The van der Waals surface area contributed by atoms with Gasteiger partial charge in [-0.3, -0.25) is 0 Å². The summed E-state index contributed by atoms with van der Waals surface area (Å²) in [7, 11) is 0. The topological polar surface area (TPSA) is 0 Å². The van der Waals surface area contributed by atoms with Gasteiger partial charge in [0.2, 0.25) is 0 Å². The summed E-state index contributed by atoms with van der Waals surface area (Å²) < 4.78 is 0.569. The molecule has 0 atom stereocenters. The molecule has 4 heteroatoms. The van der Waals surface area contributed by atoms with Crippen LogP contribution in [0.3, 0.4) is 0 Å². The van der Waals surface area contributed by atoms with E-state index in [0.29, 0.717) is 3.53 Å². The predicted octanol–water partition coefficient (Wildman–Crippen LogP) is -1.26. The summed E-state index contributed by atoms with van der Waals surface area (Å²) in [5.74, 6) is 0.836. The third-order valence-electron chi connectivity index (χ3n) is 0.319. The van der Waals surface area contributed by atoms with Gasteiger partial charge in [-0.05, 0) is 0 Å². The molecule has 0 aromatic carbocycles. The van der Waals surface area contributed by atoms with Gasteiger partial charge in [-0.2, -0.15) is 0 Å². The summed E-state index contributed by atoms with van der Waals surface area (Å²) >= 11 is 10.6. The van der Waals surface area contributed by atoms with Crippen LogP contribution in [-0.4, -0.2) is 9.28 Å². The molecule has 0 aliphatic heterocycles. The van der Waals surface area contributed by atoms with Gasteiger partial charge >= 0.3 is 51.4 Å². The van der Waals surface area contributed by atoms with E-state index in [4.69, 9.17) is 0 Å². The second kappa shape index (κ2) is 9.04. The predicted molar refractivity (Wildman–Crippen MR) is 42.6 cm³/mol. The fourth-order valence-electron chi connectivity index (χ4n) is 0.127. The van der Waals surface area contributed by atoms with Crippen LogP contribution in [0, 0.1) is 0 Å². The van der Waals surface area contributed by atoms with Crippen molar-refractivity contribution in [3.63, 3.8) is 0 Å². The summed E-state index contributed by atoms with van der Waals surface area (Å²) in [5.41, 5.74) is 0. The molecule has 0 saturated heterocycles. The molecule has 0 saturated carbocycles. The number of thiocarbonyl (C=S) groups is 1. The molecule has 0 nitrogen and oxygen atoms in total. The molecule has 0 aromatic rings. The molecule has 0 aromatic heterocycles. The van der Waals surface area contributed by atoms with Crippen molar-refractivity contribution in [2.75, 3.05) is 5.75 Å². The minimum absolute atomic E-state index is 0. The molecule has 0 N–H and O–H groups in total. The average molecular weight is 188 g/mol.